The van der Waals surface area contributed by atoms with Crippen molar-refractivity contribution in [2.45, 2.75) is 29.7 Å². The van der Waals surface area contributed by atoms with Gasteiger partial charge in [-0.15, -0.1) is 10.2 Å². The molecule has 2 heterocycles. The molecule has 8 heteroatoms. The van der Waals surface area contributed by atoms with Crippen molar-refractivity contribution in [2.75, 3.05) is 6.54 Å². The van der Waals surface area contributed by atoms with Gasteiger partial charge in [-0.3, -0.25) is 14.5 Å². The van der Waals surface area contributed by atoms with E-state index in [9.17, 15) is 9.59 Å². The standard InChI is InChI=1S/C16H17ClN4O2S/c1-20-10-18-19-16(20)24-13-4-2-3-9-21(15(13)23)14(22)11-5-7-12(17)8-6-11/h5-8,10,13H,2-4,9H2,1H3. The van der Waals surface area contributed by atoms with E-state index in [1.165, 1.54) is 16.7 Å². The molecule has 6 nitrogen and oxygen atoms in total. The lowest BCUT2D eigenvalue weighted by Crippen LogP contribution is -2.41. The number of nitrogens with zero attached hydrogens (tertiary/aromatic N) is 4. The second-order valence-electron chi connectivity index (χ2n) is 5.63. The molecule has 1 unspecified atom stereocenters. The maximum atomic E-state index is 12.9. The Morgan fingerprint density at radius 1 is 1.29 bits per heavy atom. The molecule has 1 atom stereocenters. The first-order chi connectivity index (χ1) is 11.6. The molecule has 2 aromatic rings. The van der Waals surface area contributed by atoms with Gasteiger partial charge in [-0.2, -0.15) is 0 Å². The zero-order chi connectivity index (χ0) is 17.1. The van der Waals surface area contributed by atoms with Gasteiger partial charge in [0.1, 0.15) is 6.33 Å². The minimum Gasteiger partial charge on any atom is -0.312 e. The second kappa shape index (κ2) is 7.36. The highest BCUT2D eigenvalue weighted by Gasteiger charge is 2.33. The van der Waals surface area contributed by atoms with Crippen molar-refractivity contribution < 1.29 is 9.59 Å². The van der Waals surface area contributed by atoms with Crippen molar-refractivity contribution in [2.24, 2.45) is 7.05 Å². The molecule has 1 aromatic carbocycles. The number of imide groups is 1. The number of hydrogen-bond acceptors (Lipinski definition) is 5. The molecule has 0 saturated carbocycles. The van der Waals surface area contributed by atoms with Gasteiger partial charge in [-0.1, -0.05) is 29.8 Å². The molecule has 126 valence electrons. The molecular formula is C16H17ClN4O2S. The summed E-state index contributed by atoms with van der Waals surface area (Å²) < 4.78 is 1.77. The van der Waals surface area contributed by atoms with Crippen LogP contribution in [0.15, 0.2) is 35.7 Å². The number of likely N-dealkylation sites (tertiary alicyclic amines) is 1. The summed E-state index contributed by atoms with van der Waals surface area (Å²) in [6.07, 6.45) is 4.02. The van der Waals surface area contributed by atoms with Crippen LogP contribution < -0.4 is 0 Å². The fourth-order valence-corrected chi connectivity index (χ4v) is 3.77. The number of aromatic nitrogens is 3. The summed E-state index contributed by atoms with van der Waals surface area (Å²) in [4.78, 5) is 26.9. The van der Waals surface area contributed by atoms with Crippen molar-refractivity contribution in [1.29, 1.82) is 0 Å². The molecule has 3 rings (SSSR count). The topological polar surface area (TPSA) is 68.1 Å². The molecule has 1 aliphatic heterocycles. The van der Waals surface area contributed by atoms with Crippen LogP contribution in [0.4, 0.5) is 0 Å². The number of aryl methyl sites for hydroxylation is 1. The summed E-state index contributed by atoms with van der Waals surface area (Å²) in [7, 11) is 1.83. The lowest BCUT2D eigenvalue weighted by atomic mass is 10.2. The van der Waals surface area contributed by atoms with E-state index in [-0.39, 0.29) is 17.1 Å². The van der Waals surface area contributed by atoms with E-state index in [4.69, 9.17) is 11.6 Å². The SMILES string of the molecule is Cn1cnnc1SC1CCCCN(C(=O)c2ccc(Cl)cc2)C1=O. The van der Waals surface area contributed by atoms with Gasteiger partial charge < -0.3 is 4.57 Å². The zero-order valence-corrected chi connectivity index (χ0v) is 14.8. The third-order valence-corrected chi connectivity index (χ3v) is 5.45. The third kappa shape index (κ3) is 3.62. The Kier molecular flexibility index (Phi) is 5.20. The van der Waals surface area contributed by atoms with Gasteiger partial charge in [0.25, 0.3) is 5.91 Å². The van der Waals surface area contributed by atoms with Crippen molar-refractivity contribution in [3.63, 3.8) is 0 Å². The van der Waals surface area contributed by atoms with Crippen molar-refractivity contribution in [3.05, 3.63) is 41.2 Å². The molecule has 1 fully saturated rings. The number of carbonyl (C=O) groups is 2. The maximum absolute atomic E-state index is 12.9. The Balaban J connectivity index is 1.79. The Morgan fingerprint density at radius 2 is 2.04 bits per heavy atom. The molecule has 0 spiro atoms. The fraction of sp³-hybridized carbons (Fsp3) is 0.375. The minimum atomic E-state index is -0.327. The summed E-state index contributed by atoms with van der Waals surface area (Å²) in [5.41, 5.74) is 0.469. The maximum Gasteiger partial charge on any atom is 0.260 e. The van der Waals surface area contributed by atoms with E-state index in [2.05, 4.69) is 10.2 Å². The average Bonchev–Trinajstić information content (AvgIpc) is 2.88. The molecule has 0 bridgehead atoms. The predicted molar refractivity (Wildman–Crippen MR) is 92.0 cm³/mol. The van der Waals surface area contributed by atoms with Gasteiger partial charge >= 0.3 is 0 Å². The lowest BCUT2D eigenvalue weighted by molar-refractivity contribution is -0.127. The van der Waals surface area contributed by atoms with E-state index in [0.717, 1.165) is 19.3 Å². The highest BCUT2D eigenvalue weighted by atomic mass is 35.5. The van der Waals surface area contributed by atoms with Gasteiger partial charge in [0.05, 0.1) is 5.25 Å². The number of amides is 2. The normalized spacial score (nSPS) is 18.5. The Bertz CT molecular complexity index is 747. The summed E-state index contributed by atoms with van der Waals surface area (Å²) in [6, 6.07) is 6.60. The molecule has 2 amide bonds. The van der Waals surface area contributed by atoms with Gasteiger partial charge in [0, 0.05) is 24.2 Å². The first kappa shape index (κ1) is 17.0. The molecule has 1 saturated heterocycles. The van der Waals surface area contributed by atoms with Crippen molar-refractivity contribution >= 4 is 35.2 Å². The summed E-state index contributed by atoms with van der Waals surface area (Å²) >= 11 is 7.23. The highest BCUT2D eigenvalue weighted by Crippen LogP contribution is 2.29. The first-order valence-corrected chi connectivity index (χ1v) is 8.94. The van der Waals surface area contributed by atoms with Crippen LogP contribution in [0.1, 0.15) is 29.6 Å². The van der Waals surface area contributed by atoms with Gasteiger partial charge in [0.2, 0.25) is 5.91 Å². The van der Waals surface area contributed by atoms with Crippen LogP contribution in [0.3, 0.4) is 0 Å². The Morgan fingerprint density at radius 3 is 2.71 bits per heavy atom. The smallest absolute Gasteiger partial charge is 0.260 e. The third-order valence-electron chi connectivity index (χ3n) is 3.89. The van der Waals surface area contributed by atoms with Crippen LogP contribution in [0.2, 0.25) is 5.02 Å². The quantitative estimate of drug-likeness (QED) is 0.783. The van der Waals surface area contributed by atoms with Crippen molar-refractivity contribution in [3.8, 4) is 0 Å². The summed E-state index contributed by atoms with van der Waals surface area (Å²) in [6.45, 7) is 0.441. The number of halogens is 1. The van der Waals surface area contributed by atoms with E-state index >= 15 is 0 Å². The second-order valence-corrected chi connectivity index (χ2v) is 7.23. The van der Waals surface area contributed by atoms with E-state index in [1.54, 1.807) is 35.2 Å². The van der Waals surface area contributed by atoms with Crippen LogP contribution in [0.5, 0.6) is 0 Å². The van der Waals surface area contributed by atoms with Crippen LogP contribution in [0, 0.1) is 0 Å². The van der Waals surface area contributed by atoms with Gasteiger partial charge in [-0.25, -0.2) is 0 Å². The molecule has 1 aromatic heterocycles. The number of carbonyl (C=O) groups excluding carboxylic acids is 2. The highest BCUT2D eigenvalue weighted by molar-refractivity contribution is 8.00. The molecule has 0 radical (unpaired) electrons. The first-order valence-electron chi connectivity index (χ1n) is 7.68. The molecule has 0 N–H and O–H groups in total. The van der Waals surface area contributed by atoms with Gasteiger partial charge in [0.15, 0.2) is 5.16 Å². The minimum absolute atomic E-state index is 0.166. The lowest BCUT2D eigenvalue weighted by Gasteiger charge is -2.22. The zero-order valence-electron chi connectivity index (χ0n) is 13.2. The van der Waals surface area contributed by atoms with E-state index < -0.39 is 0 Å². The Labute approximate surface area is 149 Å². The number of rotatable bonds is 3. The van der Waals surface area contributed by atoms with Crippen LogP contribution in [-0.2, 0) is 11.8 Å². The van der Waals surface area contributed by atoms with Crippen LogP contribution in [0.25, 0.3) is 0 Å². The predicted octanol–water partition coefficient (Wildman–Crippen LogP) is 2.78. The number of hydrogen-bond donors (Lipinski definition) is 0. The number of thioether (sulfide) groups is 1. The average molecular weight is 365 g/mol. The molecular weight excluding hydrogens is 348 g/mol. The molecule has 1 aliphatic rings. The Hall–Kier alpha value is -1.86. The van der Waals surface area contributed by atoms with Crippen molar-refractivity contribution in [1.82, 2.24) is 19.7 Å². The monoisotopic (exact) mass is 364 g/mol. The summed E-state index contributed by atoms with van der Waals surface area (Å²) in [5, 5.41) is 8.76. The fourth-order valence-electron chi connectivity index (χ4n) is 2.57. The number of benzene rings is 1. The molecule has 24 heavy (non-hydrogen) atoms. The van der Waals surface area contributed by atoms with Crippen LogP contribution in [-0.4, -0.2) is 43.3 Å². The summed E-state index contributed by atoms with van der Waals surface area (Å²) in [5.74, 6) is -0.442. The largest absolute Gasteiger partial charge is 0.312 e. The van der Waals surface area contributed by atoms with E-state index in [0.29, 0.717) is 22.3 Å². The van der Waals surface area contributed by atoms with Crippen LogP contribution >= 0.6 is 23.4 Å². The molecule has 0 aliphatic carbocycles. The van der Waals surface area contributed by atoms with Gasteiger partial charge in [-0.05, 0) is 37.1 Å². The van der Waals surface area contributed by atoms with E-state index in [1.807, 2.05) is 7.05 Å².